The van der Waals surface area contributed by atoms with E-state index in [0.29, 0.717) is 4.99 Å². The Hall–Kier alpha value is -1.48. The molecule has 0 aliphatic carbocycles. The Morgan fingerprint density at radius 1 is 1.24 bits per heavy atom. The highest BCUT2D eigenvalue weighted by molar-refractivity contribution is 7.80. The number of nitrogens with zero attached hydrogens (tertiary/aromatic N) is 1. The molecule has 2 N–H and O–H groups in total. The highest BCUT2D eigenvalue weighted by atomic mass is 32.1. The second-order valence-electron chi connectivity index (χ2n) is 5.19. The highest BCUT2D eigenvalue weighted by Crippen LogP contribution is 2.25. The number of hydrogen-bond donors (Lipinski definition) is 1. The topological polar surface area (TPSA) is 38.9 Å². The first-order valence-corrected chi connectivity index (χ1v) is 6.00. The van der Waals surface area contributed by atoms with E-state index in [2.05, 4.69) is 25.8 Å². The van der Waals surface area contributed by atoms with Crippen molar-refractivity contribution in [3.05, 3.63) is 41.6 Å². The zero-order valence-corrected chi connectivity index (χ0v) is 11.1. The van der Waals surface area contributed by atoms with Gasteiger partial charge in [-0.05, 0) is 12.1 Å². The smallest absolute Gasteiger partial charge is 0.104 e. The van der Waals surface area contributed by atoms with Crippen molar-refractivity contribution in [2.75, 3.05) is 0 Å². The summed E-state index contributed by atoms with van der Waals surface area (Å²) in [4.78, 5) is 5.10. The van der Waals surface area contributed by atoms with E-state index >= 15 is 0 Å². The molecule has 0 spiro atoms. The zero-order valence-electron chi connectivity index (χ0n) is 10.3. The molecule has 88 valence electrons. The van der Waals surface area contributed by atoms with Gasteiger partial charge < -0.3 is 5.73 Å². The van der Waals surface area contributed by atoms with Crippen molar-refractivity contribution in [1.82, 2.24) is 4.98 Å². The van der Waals surface area contributed by atoms with Crippen molar-refractivity contribution in [3.63, 3.8) is 0 Å². The summed E-state index contributed by atoms with van der Waals surface area (Å²) in [5.41, 5.74) is 8.66. The van der Waals surface area contributed by atoms with Gasteiger partial charge in [0.25, 0.3) is 0 Å². The van der Waals surface area contributed by atoms with E-state index in [4.69, 9.17) is 18.0 Å². The Morgan fingerprint density at radius 3 is 2.47 bits per heavy atom. The Kier molecular flexibility index (Phi) is 2.87. The van der Waals surface area contributed by atoms with E-state index in [1.54, 1.807) is 0 Å². The van der Waals surface area contributed by atoms with Crippen LogP contribution < -0.4 is 5.73 Å². The second kappa shape index (κ2) is 4.08. The van der Waals surface area contributed by atoms with Crippen LogP contribution in [0.25, 0.3) is 10.9 Å². The molecule has 0 unspecified atom stereocenters. The lowest BCUT2D eigenvalue weighted by Gasteiger charge is -2.19. The molecule has 3 heteroatoms. The van der Waals surface area contributed by atoms with Gasteiger partial charge in [0.05, 0.1) is 5.52 Å². The van der Waals surface area contributed by atoms with Crippen molar-refractivity contribution in [1.29, 1.82) is 0 Å². The molecule has 2 aromatic rings. The quantitative estimate of drug-likeness (QED) is 0.783. The summed E-state index contributed by atoms with van der Waals surface area (Å²) in [7, 11) is 0. The second-order valence-corrected chi connectivity index (χ2v) is 5.63. The molecule has 2 rings (SSSR count). The first-order valence-electron chi connectivity index (χ1n) is 5.59. The maximum Gasteiger partial charge on any atom is 0.104 e. The van der Waals surface area contributed by atoms with Crippen LogP contribution in [0.3, 0.4) is 0 Å². The molecule has 1 heterocycles. The Balaban J connectivity index is 2.81. The summed E-state index contributed by atoms with van der Waals surface area (Å²) >= 11 is 5.12. The van der Waals surface area contributed by atoms with Gasteiger partial charge in [-0.2, -0.15) is 0 Å². The average Bonchev–Trinajstić information content (AvgIpc) is 2.26. The van der Waals surface area contributed by atoms with Gasteiger partial charge in [0.15, 0.2) is 0 Å². The van der Waals surface area contributed by atoms with E-state index in [1.807, 2.05) is 30.3 Å². The molecule has 0 saturated carbocycles. The van der Waals surface area contributed by atoms with Crippen LogP contribution >= 0.6 is 12.2 Å². The number of benzene rings is 1. The lowest BCUT2D eigenvalue weighted by atomic mass is 9.90. The number of fused-ring (bicyclic) bond motifs is 1. The number of aromatic nitrogens is 1. The molecule has 1 aromatic carbocycles. The number of nitrogens with two attached hydrogens (primary N) is 1. The molecule has 0 atom stereocenters. The number of hydrogen-bond acceptors (Lipinski definition) is 2. The van der Waals surface area contributed by atoms with Gasteiger partial charge >= 0.3 is 0 Å². The maximum atomic E-state index is 5.80. The summed E-state index contributed by atoms with van der Waals surface area (Å²) in [5.74, 6) is 0. The average molecular weight is 244 g/mol. The van der Waals surface area contributed by atoms with Crippen LogP contribution in [0.2, 0.25) is 0 Å². The molecular formula is C14H16N2S. The van der Waals surface area contributed by atoms with Crippen molar-refractivity contribution in [2.45, 2.75) is 26.2 Å². The molecule has 1 aromatic heterocycles. The number of rotatable bonds is 1. The summed E-state index contributed by atoms with van der Waals surface area (Å²) in [5, 5.41) is 1.02. The van der Waals surface area contributed by atoms with Crippen molar-refractivity contribution in [3.8, 4) is 0 Å². The molecule has 0 fully saturated rings. The fourth-order valence-corrected chi connectivity index (χ4v) is 1.93. The third-order valence-electron chi connectivity index (χ3n) is 2.75. The van der Waals surface area contributed by atoms with Gasteiger partial charge in [0.1, 0.15) is 4.99 Å². The number of pyridine rings is 1. The van der Waals surface area contributed by atoms with Crippen molar-refractivity contribution < 1.29 is 0 Å². The van der Waals surface area contributed by atoms with Crippen LogP contribution in [0, 0.1) is 0 Å². The minimum absolute atomic E-state index is 0.0104. The molecule has 0 aliphatic rings. The van der Waals surface area contributed by atoms with E-state index in [-0.39, 0.29) is 5.41 Å². The molecule has 0 aliphatic heterocycles. The van der Waals surface area contributed by atoms with Crippen LogP contribution in [0.4, 0.5) is 0 Å². The lowest BCUT2D eigenvalue weighted by molar-refractivity contribution is 0.571. The van der Waals surface area contributed by atoms with Crippen LogP contribution in [0.15, 0.2) is 30.3 Å². The van der Waals surface area contributed by atoms with Crippen LogP contribution in [0.1, 0.15) is 32.0 Å². The fraction of sp³-hybridized carbons (Fsp3) is 0.286. The Labute approximate surface area is 107 Å². The molecule has 0 amide bonds. The Morgan fingerprint density at radius 2 is 1.88 bits per heavy atom. The van der Waals surface area contributed by atoms with E-state index < -0.39 is 0 Å². The van der Waals surface area contributed by atoms with E-state index in [0.717, 1.165) is 22.2 Å². The first kappa shape index (κ1) is 12.0. The predicted molar refractivity (Wildman–Crippen MR) is 76.3 cm³/mol. The van der Waals surface area contributed by atoms with E-state index in [9.17, 15) is 0 Å². The normalized spacial score (nSPS) is 11.7. The molecule has 17 heavy (non-hydrogen) atoms. The zero-order chi connectivity index (χ0) is 12.6. The van der Waals surface area contributed by atoms with Gasteiger partial charge in [-0.25, -0.2) is 0 Å². The highest BCUT2D eigenvalue weighted by Gasteiger charge is 2.18. The minimum atomic E-state index is -0.0104. The Bertz CT molecular complexity index is 582. The van der Waals surface area contributed by atoms with Crippen molar-refractivity contribution in [2.24, 2.45) is 5.73 Å². The summed E-state index contributed by atoms with van der Waals surface area (Å²) in [6.45, 7) is 6.40. The van der Waals surface area contributed by atoms with Crippen LogP contribution in [-0.2, 0) is 5.41 Å². The summed E-state index contributed by atoms with van der Waals surface area (Å²) in [6, 6.07) is 9.95. The summed E-state index contributed by atoms with van der Waals surface area (Å²) in [6.07, 6.45) is 0. The predicted octanol–water partition coefficient (Wildman–Crippen LogP) is 3.17. The first-order chi connectivity index (χ1) is 7.89. The lowest BCUT2D eigenvalue weighted by Crippen LogP contribution is -2.17. The molecule has 0 saturated heterocycles. The molecule has 2 nitrogen and oxygen atoms in total. The third kappa shape index (κ3) is 2.29. The maximum absolute atomic E-state index is 5.80. The van der Waals surface area contributed by atoms with Gasteiger partial charge in [-0.1, -0.05) is 51.2 Å². The standard InChI is InChI=1S/C14H16N2S/c1-14(2,3)12-8-10(13(15)17)9-6-4-5-7-11(9)16-12/h4-8H,1-3H3,(H2,15,17). The van der Waals surface area contributed by atoms with E-state index in [1.165, 1.54) is 0 Å². The minimum Gasteiger partial charge on any atom is -0.389 e. The largest absolute Gasteiger partial charge is 0.389 e. The van der Waals surface area contributed by atoms with Crippen LogP contribution in [-0.4, -0.2) is 9.97 Å². The fourth-order valence-electron chi connectivity index (χ4n) is 1.76. The van der Waals surface area contributed by atoms with Gasteiger partial charge in [0.2, 0.25) is 0 Å². The molecule has 0 bridgehead atoms. The molecular weight excluding hydrogens is 228 g/mol. The number of thiocarbonyl (C=S) groups is 1. The van der Waals surface area contributed by atoms with Crippen molar-refractivity contribution >= 4 is 28.1 Å². The van der Waals surface area contributed by atoms with Gasteiger partial charge in [-0.3, -0.25) is 4.98 Å². The summed E-state index contributed by atoms with van der Waals surface area (Å²) < 4.78 is 0. The number of para-hydroxylation sites is 1. The SMILES string of the molecule is CC(C)(C)c1cc(C(N)=S)c2ccccc2n1. The monoisotopic (exact) mass is 244 g/mol. The third-order valence-corrected chi connectivity index (χ3v) is 2.97. The van der Waals surface area contributed by atoms with Crippen LogP contribution in [0.5, 0.6) is 0 Å². The molecule has 0 radical (unpaired) electrons. The van der Waals surface area contributed by atoms with Gasteiger partial charge in [0, 0.05) is 22.1 Å². The van der Waals surface area contributed by atoms with Gasteiger partial charge in [-0.15, -0.1) is 0 Å².